The quantitative estimate of drug-likeness (QED) is 0.824. The van der Waals surface area contributed by atoms with Crippen molar-refractivity contribution in [2.24, 2.45) is 5.92 Å². The van der Waals surface area contributed by atoms with Gasteiger partial charge in [0.05, 0.1) is 37.7 Å². The number of ether oxygens (including phenoxy) is 2. The monoisotopic (exact) mass is 343 g/mol. The van der Waals surface area contributed by atoms with E-state index in [2.05, 4.69) is 9.97 Å². The number of rotatable bonds is 5. The average molecular weight is 343 g/mol. The lowest BCUT2D eigenvalue weighted by Gasteiger charge is -2.49. The van der Waals surface area contributed by atoms with Crippen molar-refractivity contribution in [1.82, 2.24) is 14.9 Å². The van der Waals surface area contributed by atoms with Crippen molar-refractivity contribution in [3.05, 3.63) is 47.9 Å². The topological polar surface area (TPSA) is 77.7 Å². The van der Waals surface area contributed by atoms with Crippen molar-refractivity contribution in [3.8, 4) is 0 Å². The van der Waals surface area contributed by atoms with Gasteiger partial charge >= 0.3 is 0 Å². The molecule has 0 aromatic carbocycles. The highest BCUT2D eigenvalue weighted by molar-refractivity contribution is 5.93. The highest BCUT2D eigenvalue weighted by Gasteiger charge is 2.55. The van der Waals surface area contributed by atoms with Gasteiger partial charge in [-0.15, -0.1) is 0 Å². The molecule has 0 aliphatic carbocycles. The summed E-state index contributed by atoms with van der Waals surface area (Å²) in [6.07, 6.45) is 4.02. The van der Waals surface area contributed by atoms with Crippen LogP contribution in [-0.2, 0) is 16.1 Å². The molecule has 0 saturated carbocycles. The maximum atomic E-state index is 12.5. The molecular formula is C18H21N3O4. The van der Waals surface area contributed by atoms with Crippen molar-refractivity contribution >= 4 is 5.91 Å². The molecule has 0 bridgehead atoms. The van der Waals surface area contributed by atoms with E-state index in [1.54, 1.807) is 18.0 Å². The molecule has 0 radical (unpaired) electrons. The number of likely N-dealkylation sites (tertiary alicyclic amines) is 1. The molecule has 1 amide bonds. The number of aromatic nitrogens is 2. The van der Waals surface area contributed by atoms with Crippen LogP contribution in [0.3, 0.4) is 0 Å². The number of aryl methyl sites for hydroxylation is 1. The first kappa shape index (κ1) is 16.2. The molecule has 0 unspecified atom stereocenters. The number of amides is 1. The second kappa shape index (κ2) is 6.57. The summed E-state index contributed by atoms with van der Waals surface area (Å²) >= 11 is 0. The minimum Gasteiger partial charge on any atom is -0.438 e. The summed E-state index contributed by atoms with van der Waals surface area (Å²) in [4.78, 5) is 22.4. The van der Waals surface area contributed by atoms with Crippen molar-refractivity contribution in [2.75, 3.05) is 26.3 Å². The molecule has 1 atom stereocenters. The van der Waals surface area contributed by atoms with Gasteiger partial charge in [0, 0.05) is 18.7 Å². The number of carbonyl (C=O) groups is 1. The number of pyridine rings is 1. The smallest absolute Gasteiger partial charge is 0.291 e. The van der Waals surface area contributed by atoms with Crippen LogP contribution in [0.5, 0.6) is 0 Å². The zero-order valence-electron chi connectivity index (χ0n) is 14.2. The van der Waals surface area contributed by atoms with Gasteiger partial charge in [0.15, 0.2) is 6.39 Å². The fourth-order valence-electron chi connectivity index (χ4n) is 3.55. The zero-order chi connectivity index (χ0) is 17.3. The number of hydrogen-bond donors (Lipinski definition) is 0. The van der Waals surface area contributed by atoms with Crippen molar-refractivity contribution in [3.63, 3.8) is 0 Å². The van der Waals surface area contributed by atoms with Crippen LogP contribution in [0.1, 0.15) is 28.4 Å². The molecule has 2 aliphatic heterocycles. The molecule has 2 fully saturated rings. The van der Waals surface area contributed by atoms with E-state index in [9.17, 15) is 4.79 Å². The largest absolute Gasteiger partial charge is 0.438 e. The first-order valence-electron chi connectivity index (χ1n) is 8.49. The molecule has 4 rings (SSSR count). The highest BCUT2D eigenvalue weighted by atomic mass is 16.5. The molecular weight excluding hydrogens is 322 g/mol. The third-order valence-electron chi connectivity index (χ3n) is 5.04. The summed E-state index contributed by atoms with van der Waals surface area (Å²) in [5, 5.41) is 0. The maximum absolute atomic E-state index is 12.5. The lowest BCUT2D eigenvalue weighted by Crippen LogP contribution is -2.66. The van der Waals surface area contributed by atoms with Crippen LogP contribution in [0.25, 0.3) is 0 Å². The molecule has 4 heterocycles. The zero-order valence-corrected chi connectivity index (χ0v) is 14.2. The van der Waals surface area contributed by atoms with Gasteiger partial charge < -0.3 is 18.8 Å². The summed E-state index contributed by atoms with van der Waals surface area (Å²) < 4.78 is 17.0. The van der Waals surface area contributed by atoms with Gasteiger partial charge in [0.2, 0.25) is 5.76 Å². The molecule has 7 heteroatoms. The molecule has 2 aliphatic rings. The van der Waals surface area contributed by atoms with E-state index >= 15 is 0 Å². The van der Waals surface area contributed by atoms with Crippen LogP contribution >= 0.6 is 0 Å². The van der Waals surface area contributed by atoms with Crippen molar-refractivity contribution < 1.29 is 18.7 Å². The number of hydrogen-bond acceptors (Lipinski definition) is 6. The SMILES string of the molecule is Cc1ncoc1C(=O)N1CC2(C1)OCC[C@@H]2COCc1ccccn1. The Hall–Kier alpha value is -2.25. The minimum atomic E-state index is -0.284. The normalized spacial score (nSPS) is 21.5. The first-order valence-corrected chi connectivity index (χ1v) is 8.49. The summed E-state index contributed by atoms with van der Waals surface area (Å²) in [5.74, 6) is 0.483. The van der Waals surface area contributed by atoms with E-state index in [0.717, 1.165) is 12.1 Å². The van der Waals surface area contributed by atoms with Gasteiger partial charge in [-0.2, -0.15) is 0 Å². The van der Waals surface area contributed by atoms with Crippen LogP contribution in [0.2, 0.25) is 0 Å². The highest BCUT2D eigenvalue weighted by Crippen LogP contribution is 2.40. The van der Waals surface area contributed by atoms with Crippen LogP contribution in [-0.4, -0.2) is 52.7 Å². The Morgan fingerprint density at radius 3 is 3.00 bits per heavy atom. The molecule has 2 aromatic rings. The minimum absolute atomic E-state index is 0.121. The number of carbonyl (C=O) groups excluding carboxylic acids is 1. The standard InChI is InChI=1S/C18H21N3O4/c1-13-16(24-12-20-13)17(22)21-10-18(11-21)14(5-7-25-18)8-23-9-15-4-2-3-6-19-15/h2-4,6,12,14H,5,7-11H2,1H3/t14-/m1/s1. The van der Waals surface area contributed by atoms with Crippen LogP contribution in [0.4, 0.5) is 0 Å². The molecule has 132 valence electrons. The molecule has 1 spiro atoms. The Morgan fingerprint density at radius 1 is 1.40 bits per heavy atom. The van der Waals surface area contributed by atoms with E-state index in [1.807, 2.05) is 18.2 Å². The van der Waals surface area contributed by atoms with Gasteiger partial charge in [0.1, 0.15) is 5.60 Å². The second-order valence-corrected chi connectivity index (χ2v) is 6.66. The predicted octanol–water partition coefficient (Wildman–Crippen LogP) is 1.83. The molecule has 2 saturated heterocycles. The Labute approximate surface area is 146 Å². The maximum Gasteiger partial charge on any atom is 0.291 e. The van der Waals surface area contributed by atoms with Crippen molar-refractivity contribution in [1.29, 1.82) is 0 Å². The Balaban J connectivity index is 1.32. The van der Waals surface area contributed by atoms with Gasteiger partial charge in [0.25, 0.3) is 5.91 Å². The van der Waals surface area contributed by atoms with E-state index in [4.69, 9.17) is 13.9 Å². The van der Waals surface area contributed by atoms with E-state index < -0.39 is 0 Å². The Kier molecular flexibility index (Phi) is 4.27. The summed E-state index contributed by atoms with van der Waals surface area (Å²) in [6, 6.07) is 5.79. The Morgan fingerprint density at radius 2 is 2.28 bits per heavy atom. The number of nitrogens with zero attached hydrogens (tertiary/aromatic N) is 3. The van der Waals surface area contributed by atoms with Crippen LogP contribution < -0.4 is 0 Å². The van der Waals surface area contributed by atoms with Gasteiger partial charge in [-0.1, -0.05) is 6.07 Å². The van der Waals surface area contributed by atoms with E-state index in [-0.39, 0.29) is 17.4 Å². The van der Waals surface area contributed by atoms with Crippen LogP contribution in [0, 0.1) is 12.8 Å². The van der Waals surface area contributed by atoms with Gasteiger partial charge in [-0.25, -0.2) is 4.98 Å². The molecule has 25 heavy (non-hydrogen) atoms. The molecule has 2 aromatic heterocycles. The van der Waals surface area contributed by atoms with Gasteiger partial charge in [-0.05, 0) is 25.5 Å². The average Bonchev–Trinajstić information content (AvgIpc) is 3.20. The third kappa shape index (κ3) is 3.05. The summed E-state index contributed by atoms with van der Waals surface area (Å²) in [5.41, 5.74) is 1.25. The fourth-order valence-corrected chi connectivity index (χ4v) is 3.55. The Bertz CT molecular complexity index is 740. The fraction of sp³-hybridized carbons (Fsp3) is 0.500. The summed E-state index contributed by atoms with van der Waals surface area (Å²) in [6.45, 7) is 4.73. The van der Waals surface area contributed by atoms with E-state index in [1.165, 1.54) is 6.39 Å². The van der Waals surface area contributed by atoms with Gasteiger partial charge in [-0.3, -0.25) is 9.78 Å². The number of oxazole rings is 1. The van der Waals surface area contributed by atoms with E-state index in [0.29, 0.717) is 44.4 Å². The lowest BCUT2D eigenvalue weighted by atomic mass is 9.81. The van der Waals surface area contributed by atoms with Crippen LogP contribution in [0.15, 0.2) is 35.2 Å². The third-order valence-corrected chi connectivity index (χ3v) is 5.04. The van der Waals surface area contributed by atoms with Crippen molar-refractivity contribution in [2.45, 2.75) is 25.6 Å². The summed E-state index contributed by atoms with van der Waals surface area (Å²) in [7, 11) is 0. The lowest BCUT2D eigenvalue weighted by molar-refractivity contribution is -0.129. The predicted molar refractivity (Wildman–Crippen MR) is 87.8 cm³/mol. The second-order valence-electron chi connectivity index (χ2n) is 6.66. The first-order chi connectivity index (χ1) is 12.2. The molecule has 0 N–H and O–H groups in total. The molecule has 7 nitrogen and oxygen atoms in total.